The first-order chi connectivity index (χ1) is 7.58. The fourth-order valence-corrected chi connectivity index (χ4v) is 1.73. The van der Waals surface area contributed by atoms with Crippen LogP contribution in [-0.4, -0.2) is 11.4 Å². The van der Waals surface area contributed by atoms with Crippen LogP contribution in [0.25, 0.3) is 0 Å². The molecule has 0 saturated carbocycles. The van der Waals surface area contributed by atoms with Gasteiger partial charge >= 0.3 is 0 Å². The summed E-state index contributed by atoms with van der Waals surface area (Å²) in [6.45, 7) is 6.09. The normalized spacial score (nSPS) is 15.3. The first-order valence-corrected chi connectivity index (χ1v) is 5.47. The van der Waals surface area contributed by atoms with Crippen molar-refractivity contribution in [3.63, 3.8) is 0 Å². The van der Waals surface area contributed by atoms with Crippen LogP contribution < -0.4 is 0 Å². The lowest BCUT2D eigenvalue weighted by Crippen LogP contribution is -2.05. The van der Waals surface area contributed by atoms with Gasteiger partial charge in [0.25, 0.3) is 0 Å². The maximum atomic E-state index is 13.7. The quantitative estimate of drug-likeness (QED) is 0.725. The zero-order chi connectivity index (χ0) is 11.7. The molecule has 0 unspecified atom stereocenters. The van der Waals surface area contributed by atoms with E-state index in [-0.39, 0.29) is 5.82 Å². The molecule has 84 valence electrons. The van der Waals surface area contributed by atoms with Crippen LogP contribution in [0.1, 0.15) is 44.2 Å². The zero-order valence-corrected chi connectivity index (χ0v) is 9.79. The molecule has 0 bridgehead atoms. The number of hydrogen-bond acceptors (Lipinski definition) is 2. The topological polar surface area (TPSA) is 24.7 Å². The lowest BCUT2D eigenvalue weighted by atomic mass is 9.97. The third-order valence-corrected chi connectivity index (χ3v) is 2.73. The van der Waals surface area contributed by atoms with Gasteiger partial charge in [0.1, 0.15) is 5.82 Å². The van der Waals surface area contributed by atoms with E-state index in [9.17, 15) is 4.39 Å². The highest BCUT2D eigenvalue weighted by atomic mass is 19.1. The molecule has 1 aromatic carbocycles. The van der Waals surface area contributed by atoms with Crippen LogP contribution in [-0.2, 0) is 0 Å². The maximum Gasteiger partial charge on any atom is 0.132 e. The molecule has 0 radical (unpaired) electrons. The highest BCUT2D eigenvalue weighted by molar-refractivity contribution is 6.14. The van der Waals surface area contributed by atoms with Gasteiger partial charge in [-0.2, -0.15) is 10.2 Å². The number of rotatable bonds is 2. The van der Waals surface area contributed by atoms with E-state index in [0.29, 0.717) is 17.9 Å². The van der Waals surface area contributed by atoms with E-state index in [1.807, 2.05) is 19.1 Å². The SMILES string of the molecule is CC1=NN=C(c2cc(C(C)C)ccc2F)C1. The summed E-state index contributed by atoms with van der Waals surface area (Å²) in [5, 5.41) is 7.96. The Morgan fingerprint density at radius 3 is 2.56 bits per heavy atom. The van der Waals surface area contributed by atoms with Crippen LogP contribution >= 0.6 is 0 Å². The zero-order valence-electron chi connectivity index (χ0n) is 9.79. The number of nitrogens with zero attached hydrogens (tertiary/aromatic N) is 2. The molecular weight excluding hydrogens is 203 g/mol. The molecule has 0 saturated heterocycles. The van der Waals surface area contributed by atoms with Gasteiger partial charge in [0, 0.05) is 17.7 Å². The summed E-state index contributed by atoms with van der Waals surface area (Å²) in [5.74, 6) is 0.177. The van der Waals surface area contributed by atoms with Crippen LogP contribution in [0.3, 0.4) is 0 Å². The molecule has 2 nitrogen and oxygen atoms in total. The van der Waals surface area contributed by atoms with Crippen LogP contribution in [0.4, 0.5) is 4.39 Å². The van der Waals surface area contributed by atoms with Gasteiger partial charge < -0.3 is 0 Å². The first kappa shape index (κ1) is 11.0. The van der Waals surface area contributed by atoms with E-state index >= 15 is 0 Å². The lowest BCUT2D eigenvalue weighted by Gasteiger charge is -2.09. The molecule has 0 amide bonds. The number of hydrogen-bond donors (Lipinski definition) is 0. The maximum absolute atomic E-state index is 13.7. The Hall–Kier alpha value is -1.51. The fraction of sp³-hybridized carbons (Fsp3) is 0.385. The Morgan fingerprint density at radius 1 is 1.25 bits per heavy atom. The summed E-state index contributed by atoms with van der Waals surface area (Å²) in [5.41, 5.74) is 3.39. The van der Waals surface area contributed by atoms with Gasteiger partial charge in [-0.05, 0) is 30.5 Å². The van der Waals surface area contributed by atoms with Crippen molar-refractivity contribution in [3.05, 3.63) is 35.1 Å². The molecule has 0 N–H and O–H groups in total. The van der Waals surface area contributed by atoms with Crippen molar-refractivity contribution in [2.45, 2.75) is 33.1 Å². The van der Waals surface area contributed by atoms with E-state index in [0.717, 1.165) is 17.0 Å². The summed E-state index contributed by atoms with van der Waals surface area (Å²) >= 11 is 0. The second-order valence-corrected chi connectivity index (χ2v) is 4.45. The summed E-state index contributed by atoms with van der Waals surface area (Å²) in [4.78, 5) is 0. The monoisotopic (exact) mass is 218 g/mol. The van der Waals surface area contributed by atoms with Gasteiger partial charge in [0.15, 0.2) is 0 Å². The predicted molar refractivity (Wildman–Crippen MR) is 64.8 cm³/mol. The molecule has 1 aromatic rings. The second-order valence-electron chi connectivity index (χ2n) is 4.45. The van der Waals surface area contributed by atoms with E-state index in [2.05, 4.69) is 24.1 Å². The lowest BCUT2D eigenvalue weighted by molar-refractivity contribution is 0.623. The van der Waals surface area contributed by atoms with Crippen LogP contribution in [0.2, 0.25) is 0 Å². The standard InChI is InChI=1S/C13H15FN2/c1-8(2)10-4-5-12(14)11(7-10)13-6-9(3)15-16-13/h4-5,7-8H,6H2,1-3H3. The van der Waals surface area contributed by atoms with Gasteiger partial charge in [-0.15, -0.1) is 0 Å². The average molecular weight is 218 g/mol. The highest BCUT2D eigenvalue weighted by Gasteiger charge is 2.16. The Kier molecular flexibility index (Phi) is 2.86. The van der Waals surface area contributed by atoms with E-state index in [1.54, 1.807) is 0 Å². The van der Waals surface area contributed by atoms with E-state index in [4.69, 9.17) is 0 Å². The van der Waals surface area contributed by atoms with Crippen molar-refractivity contribution < 1.29 is 4.39 Å². The van der Waals surface area contributed by atoms with Crippen LogP contribution in [0, 0.1) is 5.82 Å². The van der Waals surface area contributed by atoms with Crippen LogP contribution in [0.15, 0.2) is 28.4 Å². The molecule has 0 fully saturated rings. The van der Waals surface area contributed by atoms with Crippen molar-refractivity contribution in [2.24, 2.45) is 10.2 Å². The third kappa shape index (κ3) is 2.03. The van der Waals surface area contributed by atoms with Gasteiger partial charge in [-0.25, -0.2) is 4.39 Å². The first-order valence-electron chi connectivity index (χ1n) is 5.47. The molecule has 3 heteroatoms. The van der Waals surface area contributed by atoms with Gasteiger partial charge in [0.2, 0.25) is 0 Å². The molecule has 1 aliphatic rings. The Morgan fingerprint density at radius 2 is 2.00 bits per heavy atom. The Labute approximate surface area is 94.9 Å². The van der Waals surface area contributed by atoms with E-state index in [1.165, 1.54) is 6.07 Å². The number of benzene rings is 1. The molecule has 16 heavy (non-hydrogen) atoms. The fourth-order valence-electron chi connectivity index (χ4n) is 1.73. The van der Waals surface area contributed by atoms with Crippen molar-refractivity contribution in [1.82, 2.24) is 0 Å². The smallest absolute Gasteiger partial charge is 0.132 e. The summed E-state index contributed by atoms with van der Waals surface area (Å²) < 4.78 is 13.7. The van der Waals surface area contributed by atoms with Crippen molar-refractivity contribution in [3.8, 4) is 0 Å². The molecule has 0 aromatic heterocycles. The third-order valence-electron chi connectivity index (χ3n) is 2.73. The Balaban J connectivity index is 2.37. The predicted octanol–water partition coefficient (Wildman–Crippen LogP) is 3.52. The molecule has 1 heterocycles. The summed E-state index contributed by atoms with van der Waals surface area (Å²) in [7, 11) is 0. The molecular formula is C13H15FN2. The number of halogens is 1. The molecule has 0 spiro atoms. The second kappa shape index (κ2) is 4.16. The average Bonchev–Trinajstić information content (AvgIpc) is 2.65. The molecule has 2 rings (SSSR count). The molecule has 1 aliphatic heterocycles. The molecule has 0 aliphatic carbocycles. The van der Waals surface area contributed by atoms with Crippen molar-refractivity contribution >= 4 is 11.4 Å². The largest absolute Gasteiger partial charge is 0.206 e. The minimum absolute atomic E-state index is 0.215. The van der Waals surface area contributed by atoms with Crippen LogP contribution in [0.5, 0.6) is 0 Å². The molecule has 0 atom stereocenters. The highest BCUT2D eigenvalue weighted by Crippen LogP contribution is 2.21. The van der Waals surface area contributed by atoms with Gasteiger partial charge in [-0.1, -0.05) is 19.9 Å². The van der Waals surface area contributed by atoms with E-state index < -0.39 is 0 Å². The summed E-state index contributed by atoms with van der Waals surface area (Å²) in [6.07, 6.45) is 0.651. The minimum atomic E-state index is -0.215. The van der Waals surface area contributed by atoms with Crippen molar-refractivity contribution in [2.75, 3.05) is 0 Å². The van der Waals surface area contributed by atoms with Gasteiger partial charge in [0.05, 0.1) is 5.71 Å². The van der Waals surface area contributed by atoms with Crippen molar-refractivity contribution in [1.29, 1.82) is 0 Å². The van der Waals surface area contributed by atoms with Gasteiger partial charge in [-0.3, -0.25) is 0 Å². The Bertz CT molecular complexity index is 473. The summed E-state index contributed by atoms with van der Waals surface area (Å²) in [6, 6.07) is 5.22. The minimum Gasteiger partial charge on any atom is -0.206 e.